The number of allylic oxidation sites excluding steroid dienone is 1. The highest BCUT2D eigenvalue weighted by Crippen LogP contribution is 2.43. The SMILES string of the molecule is [B]1N2CC=C(c3cccs3)C2=C(c2ccsc2)c2cccn21. The fourth-order valence-electron chi connectivity index (χ4n) is 3.23. The van der Waals surface area contributed by atoms with E-state index in [1.54, 1.807) is 11.3 Å². The first-order valence-electron chi connectivity index (χ1n) is 7.22. The monoisotopic (exact) mass is 319 g/mol. The zero-order valence-corrected chi connectivity index (χ0v) is 13.4. The lowest BCUT2D eigenvalue weighted by molar-refractivity contribution is 0.631. The normalized spacial score (nSPS) is 16.4. The van der Waals surface area contributed by atoms with Crippen LogP contribution in [0.4, 0.5) is 0 Å². The predicted molar refractivity (Wildman–Crippen MR) is 94.9 cm³/mol. The van der Waals surface area contributed by atoms with Crippen LogP contribution in [0, 0.1) is 0 Å². The van der Waals surface area contributed by atoms with Gasteiger partial charge in [0.15, 0.2) is 0 Å². The fraction of sp³-hybridized carbons (Fsp3) is 0.0588. The van der Waals surface area contributed by atoms with Gasteiger partial charge in [-0.25, -0.2) is 0 Å². The van der Waals surface area contributed by atoms with Gasteiger partial charge < -0.3 is 9.29 Å². The van der Waals surface area contributed by atoms with E-state index >= 15 is 0 Å². The van der Waals surface area contributed by atoms with Crippen molar-refractivity contribution >= 4 is 41.4 Å². The van der Waals surface area contributed by atoms with Gasteiger partial charge in [-0.2, -0.15) is 11.3 Å². The number of aromatic nitrogens is 1. The molecule has 3 aromatic heterocycles. The molecule has 0 atom stereocenters. The second-order valence-corrected chi connectivity index (χ2v) is 7.13. The van der Waals surface area contributed by atoms with Crippen molar-refractivity contribution in [1.82, 2.24) is 9.29 Å². The van der Waals surface area contributed by atoms with Gasteiger partial charge in [0.2, 0.25) is 0 Å². The Labute approximate surface area is 137 Å². The van der Waals surface area contributed by atoms with E-state index in [2.05, 4.69) is 75.6 Å². The summed E-state index contributed by atoms with van der Waals surface area (Å²) in [6, 6.07) is 10.9. The van der Waals surface area contributed by atoms with Gasteiger partial charge in [0.1, 0.15) is 0 Å². The lowest BCUT2D eigenvalue weighted by Gasteiger charge is -2.30. The zero-order valence-electron chi connectivity index (χ0n) is 11.8. The van der Waals surface area contributed by atoms with Crippen LogP contribution in [-0.4, -0.2) is 23.4 Å². The number of hydrogen-bond acceptors (Lipinski definition) is 3. The van der Waals surface area contributed by atoms with Gasteiger partial charge in [-0.15, -0.1) is 11.3 Å². The van der Waals surface area contributed by atoms with Crippen molar-refractivity contribution < 1.29 is 0 Å². The molecule has 22 heavy (non-hydrogen) atoms. The molecule has 0 bridgehead atoms. The third-order valence-corrected chi connectivity index (χ3v) is 5.75. The van der Waals surface area contributed by atoms with Crippen LogP contribution >= 0.6 is 22.7 Å². The van der Waals surface area contributed by atoms with E-state index in [9.17, 15) is 0 Å². The summed E-state index contributed by atoms with van der Waals surface area (Å²) in [6.07, 6.45) is 4.47. The van der Waals surface area contributed by atoms with Gasteiger partial charge in [-0.05, 0) is 52.2 Å². The molecule has 0 saturated carbocycles. The van der Waals surface area contributed by atoms with E-state index in [4.69, 9.17) is 0 Å². The van der Waals surface area contributed by atoms with Gasteiger partial charge in [0, 0.05) is 34.0 Å². The van der Waals surface area contributed by atoms with Crippen LogP contribution in [0.1, 0.15) is 16.1 Å². The maximum Gasteiger partial charge on any atom is 0.396 e. The summed E-state index contributed by atoms with van der Waals surface area (Å²) in [5.74, 6) is 0. The van der Waals surface area contributed by atoms with Crippen LogP contribution in [0.5, 0.6) is 0 Å². The highest BCUT2D eigenvalue weighted by molar-refractivity contribution is 7.11. The van der Waals surface area contributed by atoms with Crippen LogP contribution in [0.15, 0.2) is 64.4 Å². The maximum atomic E-state index is 2.36. The molecule has 0 saturated heterocycles. The van der Waals surface area contributed by atoms with Gasteiger partial charge in [0.25, 0.3) is 0 Å². The third kappa shape index (κ3) is 1.73. The van der Waals surface area contributed by atoms with Crippen molar-refractivity contribution in [1.29, 1.82) is 0 Å². The van der Waals surface area contributed by atoms with Crippen LogP contribution in [0.25, 0.3) is 11.1 Å². The molecule has 0 spiro atoms. The molecule has 5 rings (SSSR count). The van der Waals surface area contributed by atoms with Crippen molar-refractivity contribution in [3.05, 3.63) is 80.6 Å². The van der Waals surface area contributed by atoms with E-state index in [1.165, 1.54) is 33.0 Å². The van der Waals surface area contributed by atoms with Crippen molar-refractivity contribution in [3.63, 3.8) is 0 Å². The Morgan fingerprint density at radius 3 is 2.91 bits per heavy atom. The molecule has 5 heteroatoms. The molecule has 105 valence electrons. The third-order valence-electron chi connectivity index (χ3n) is 4.17. The number of hydrogen-bond donors (Lipinski definition) is 0. The molecule has 0 unspecified atom stereocenters. The smallest absolute Gasteiger partial charge is 0.394 e. The Bertz CT molecular complexity index is 885. The molecule has 0 aliphatic carbocycles. The highest BCUT2D eigenvalue weighted by atomic mass is 32.1. The standard InChI is InChI=1S/C17H12BN2S2/c1-3-14-16(12-6-10-21-11-12)17-13(15-4-2-9-22-15)5-8-20(17)18-19(14)7-1/h1-7,9-11H,8H2. The second kappa shape index (κ2) is 4.76. The number of nitrogens with zero attached hydrogens (tertiary/aromatic N) is 2. The van der Waals surface area contributed by atoms with Crippen molar-refractivity contribution in [2.24, 2.45) is 0 Å². The van der Waals surface area contributed by atoms with E-state index in [0.717, 1.165) is 6.54 Å². The van der Waals surface area contributed by atoms with Crippen molar-refractivity contribution in [3.8, 4) is 0 Å². The lowest BCUT2D eigenvalue weighted by Crippen LogP contribution is -2.34. The predicted octanol–water partition coefficient (Wildman–Crippen LogP) is 4.17. The quantitative estimate of drug-likeness (QED) is 0.644. The summed E-state index contributed by atoms with van der Waals surface area (Å²) in [7, 11) is 2.21. The summed E-state index contributed by atoms with van der Waals surface area (Å²) < 4.78 is 2.22. The molecule has 2 nitrogen and oxygen atoms in total. The molecule has 0 N–H and O–H groups in total. The van der Waals surface area contributed by atoms with Crippen molar-refractivity contribution in [2.45, 2.75) is 0 Å². The average Bonchev–Trinajstić information content (AvgIpc) is 3.28. The first-order chi connectivity index (χ1) is 10.9. The minimum absolute atomic E-state index is 0.938. The Morgan fingerprint density at radius 1 is 1.09 bits per heavy atom. The minimum atomic E-state index is 0.938. The molecule has 0 fully saturated rings. The Morgan fingerprint density at radius 2 is 2.09 bits per heavy atom. The summed E-state index contributed by atoms with van der Waals surface area (Å²) >= 11 is 3.57. The van der Waals surface area contributed by atoms with Crippen molar-refractivity contribution in [2.75, 3.05) is 6.54 Å². The van der Waals surface area contributed by atoms with E-state index < -0.39 is 0 Å². The average molecular weight is 319 g/mol. The molecule has 2 aliphatic heterocycles. The molecule has 1 radical (unpaired) electrons. The molecule has 0 aromatic carbocycles. The Kier molecular flexibility index (Phi) is 2.72. The maximum absolute atomic E-state index is 2.36. The topological polar surface area (TPSA) is 8.17 Å². The summed E-state index contributed by atoms with van der Waals surface area (Å²) in [6.45, 7) is 0.938. The Balaban J connectivity index is 1.79. The van der Waals surface area contributed by atoms with Gasteiger partial charge in [-0.3, -0.25) is 0 Å². The van der Waals surface area contributed by atoms with E-state index in [-0.39, 0.29) is 0 Å². The van der Waals surface area contributed by atoms with Gasteiger partial charge in [-0.1, -0.05) is 12.1 Å². The number of rotatable bonds is 2. The molecule has 5 heterocycles. The first-order valence-corrected chi connectivity index (χ1v) is 9.04. The molecular formula is C17H12BN2S2. The fourth-order valence-corrected chi connectivity index (χ4v) is 4.65. The summed E-state index contributed by atoms with van der Waals surface area (Å²) in [4.78, 5) is 3.70. The largest absolute Gasteiger partial charge is 0.396 e. The molecule has 2 aliphatic rings. The van der Waals surface area contributed by atoms with E-state index in [0.29, 0.717) is 0 Å². The lowest BCUT2D eigenvalue weighted by atomic mass is 9.91. The molecule has 3 aromatic rings. The van der Waals surface area contributed by atoms with Gasteiger partial charge in [0.05, 0.1) is 0 Å². The summed E-state index contributed by atoms with van der Waals surface area (Å²) in [5, 5.41) is 6.55. The van der Waals surface area contributed by atoms with Gasteiger partial charge >= 0.3 is 7.55 Å². The minimum Gasteiger partial charge on any atom is -0.394 e. The first kappa shape index (κ1) is 12.6. The summed E-state index contributed by atoms with van der Waals surface area (Å²) in [5.41, 5.74) is 6.62. The van der Waals surface area contributed by atoms with Crippen LogP contribution in [0.2, 0.25) is 0 Å². The number of thiophene rings is 2. The Hall–Kier alpha value is -1.98. The van der Waals surface area contributed by atoms with Crippen LogP contribution < -0.4 is 0 Å². The highest BCUT2D eigenvalue weighted by Gasteiger charge is 2.32. The van der Waals surface area contributed by atoms with Crippen LogP contribution in [-0.2, 0) is 0 Å². The van der Waals surface area contributed by atoms with Crippen LogP contribution in [0.3, 0.4) is 0 Å². The second-order valence-electron chi connectivity index (χ2n) is 5.40. The molecule has 0 amide bonds. The number of fused-ring (bicyclic) bond motifs is 2. The van der Waals surface area contributed by atoms with E-state index in [1.807, 2.05) is 11.3 Å². The zero-order chi connectivity index (χ0) is 14.5. The molecular weight excluding hydrogens is 307 g/mol.